The third kappa shape index (κ3) is 2.31. The van der Waals surface area contributed by atoms with Gasteiger partial charge in [-0.25, -0.2) is 0 Å². The van der Waals surface area contributed by atoms with Crippen molar-refractivity contribution in [2.75, 3.05) is 6.54 Å². The van der Waals surface area contributed by atoms with Crippen LogP contribution in [-0.4, -0.2) is 46.8 Å². The number of fused-ring (bicyclic) bond motifs is 1. The predicted octanol–water partition coefficient (Wildman–Crippen LogP) is 0.356. The Labute approximate surface area is 126 Å². The van der Waals surface area contributed by atoms with E-state index >= 15 is 0 Å². The second-order valence-corrected chi connectivity index (χ2v) is 6.85. The average Bonchev–Trinajstić information content (AvgIpc) is 3.05. The van der Waals surface area contributed by atoms with Crippen LogP contribution in [0.1, 0.15) is 29.9 Å². The van der Waals surface area contributed by atoms with Crippen molar-refractivity contribution in [3.63, 3.8) is 0 Å². The van der Waals surface area contributed by atoms with E-state index in [2.05, 4.69) is 10.6 Å². The van der Waals surface area contributed by atoms with Crippen molar-refractivity contribution in [2.24, 2.45) is 0 Å². The monoisotopic (exact) mass is 307 g/mol. The maximum Gasteiger partial charge on any atom is 0.261 e. The second-order valence-electron chi connectivity index (χ2n) is 5.90. The molecule has 2 N–H and O–H groups in total. The van der Waals surface area contributed by atoms with Crippen molar-refractivity contribution < 1.29 is 14.4 Å². The SMILES string of the molecule is CC1(C)NC(=O)[C@@H]2[C@@H](NC(=O)c3cccs3)CCN2C1=O. The van der Waals surface area contributed by atoms with Crippen LogP contribution in [0.25, 0.3) is 0 Å². The van der Waals surface area contributed by atoms with Crippen LogP contribution in [0.4, 0.5) is 0 Å². The lowest BCUT2D eigenvalue weighted by Gasteiger charge is -2.40. The topological polar surface area (TPSA) is 78.5 Å². The molecule has 0 saturated carbocycles. The van der Waals surface area contributed by atoms with Gasteiger partial charge in [0.15, 0.2) is 0 Å². The third-order valence-electron chi connectivity index (χ3n) is 3.96. The highest BCUT2D eigenvalue weighted by atomic mass is 32.1. The van der Waals surface area contributed by atoms with Crippen molar-refractivity contribution in [2.45, 2.75) is 37.9 Å². The number of nitrogens with zero attached hydrogens (tertiary/aromatic N) is 1. The number of nitrogens with one attached hydrogen (secondary N) is 2. The normalized spacial score (nSPS) is 27.2. The van der Waals surface area contributed by atoms with Crippen molar-refractivity contribution in [3.8, 4) is 0 Å². The first-order valence-corrected chi connectivity index (χ1v) is 7.75. The van der Waals surface area contributed by atoms with E-state index in [4.69, 9.17) is 0 Å². The summed E-state index contributed by atoms with van der Waals surface area (Å²) in [5.74, 6) is -0.490. The number of hydrogen-bond acceptors (Lipinski definition) is 4. The van der Waals surface area contributed by atoms with Crippen LogP contribution in [0.15, 0.2) is 17.5 Å². The predicted molar refractivity (Wildman–Crippen MR) is 77.9 cm³/mol. The van der Waals surface area contributed by atoms with Gasteiger partial charge in [-0.15, -0.1) is 11.3 Å². The molecule has 6 nitrogen and oxygen atoms in total. The van der Waals surface area contributed by atoms with Crippen molar-refractivity contribution >= 4 is 29.1 Å². The molecule has 2 atom stereocenters. The van der Waals surface area contributed by atoms with E-state index in [9.17, 15) is 14.4 Å². The Bertz CT molecular complexity index is 597. The average molecular weight is 307 g/mol. The second kappa shape index (κ2) is 4.84. The lowest BCUT2D eigenvalue weighted by molar-refractivity contribution is -0.151. The van der Waals surface area contributed by atoms with Crippen LogP contribution in [0.3, 0.4) is 0 Å². The first-order valence-electron chi connectivity index (χ1n) is 6.87. The maximum absolute atomic E-state index is 12.3. The molecule has 1 aromatic rings. The van der Waals surface area contributed by atoms with E-state index in [1.807, 2.05) is 5.38 Å². The van der Waals surface area contributed by atoms with Gasteiger partial charge in [-0.1, -0.05) is 6.07 Å². The van der Waals surface area contributed by atoms with Gasteiger partial charge in [0.2, 0.25) is 11.8 Å². The fourth-order valence-electron chi connectivity index (χ4n) is 2.94. The molecule has 2 aliphatic rings. The summed E-state index contributed by atoms with van der Waals surface area (Å²) >= 11 is 1.35. The van der Waals surface area contributed by atoms with Gasteiger partial charge < -0.3 is 15.5 Å². The molecule has 3 heterocycles. The number of piperazine rings is 1. The summed E-state index contributed by atoms with van der Waals surface area (Å²) in [6.45, 7) is 3.89. The van der Waals surface area contributed by atoms with E-state index in [1.54, 1.807) is 30.9 Å². The minimum atomic E-state index is -0.875. The van der Waals surface area contributed by atoms with Crippen molar-refractivity contribution in [1.82, 2.24) is 15.5 Å². The van der Waals surface area contributed by atoms with Crippen LogP contribution in [0.5, 0.6) is 0 Å². The molecule has 0 aliphatic carbocycles. The Kier molecular flexibility index (Phi) is 3.24. The number of carbonyl (C=O) groups is 3. The minimum absolute atomic E-state index is 0.0972. The Hall–Kier alpha value is -1.89. The van der Waals surface area contributed by atoms with E-state index in [0.29, 0.717) is 17.8 Å². The van der Waals surface area contributed by atoms with Crippen LogP contribution in [0, 0.1) is 0 Å². The number of hydrogen-bond donors (Lipinski definition) is 2. The summed E-state index contributed by atoms with van der Waals surface area (Å²) in [7, 11) is 0. The molecule has 2 fully saturated rings. The van der Waals surface area contributed by atoms with Gasteiger partial charge in [-0.2, -0.15) is 0 Å². The molecule has 0 unspecified atom stereocenters. The van der Waals surface area contributed by atoms with Crippen molar-refractivity contribution in [3.05, 3.63) is 22.4 Å². The van der Waals surface area contributed by atoms with Gasteiger partial charge in [-0.3, -0.25) is 14.4 Å². The fourth-order valence-corrected chi connectivity index (χ4v) is 3.56. The summed E-state index contributed by atoms with van der Waals surface area (Å²) in [5, 5.41) is 7.44. The lowest BCUT2D eigenvalue weighted by atomic mass is 9.96. The van der Waals surface area contributed by atoms with Gasteiger partial charge in [0.25, 0.3) is 5.91 Å². The van der Waals surface area contributed by atoms with Crippen LogP contribution in [0.2, 0.25) is 0 Å². The number of amides is 3. The summed E-state index contributed by atoms with van der Waals surface area (Å²) < 4.78 is 0. The molecule has 112 valence electrons. The molecule has 3 amide bonds. The number of carbonyl (C=O) groups excluding carboxylic acids is 3. The fraction of sp³-hybridized carbons (Fsp3) is 0.500. The number of thiophene rings is 1. The van der Waals surface area contributed by atoms with Crippen molar-refractivity contribution in [1.29, 1.82) is 0 Å². The van der Waals surface area contributed by atoms with Gasteiger partial charge in [0.05, 0.1) is 10.9 Å². The molecule has 7 heteroatoms. The highest BCUT2D eigenvalue weighted by Crippen LogP contribution is 2.27. The van der Waals surface area contributed by atoms with Crippen LogP contribution < -0.4 is 10.6 Å². The molecular weight excluding hydrogens is 290 g/mol. The standard InChI is InChI=1S/C14H17N3O3S/c1-14(2)13(20)17-6-5-8(10(17)12(19)16-14)15-11(18)9-4-3-7-21-9/h3-4,7-8,10H,5-6H2,1-2H3,(H,15,18)(H,16,19)/t8-,10-/m0/s1. The molecule has 0 spiro atoms. The van der Waals surface area contributed by atoms with E-state index in [0.717, 1.165) is 0 Å². The molecule has 3 rings (SSSR count). The first-order chi connectivity index (χ1) is 9.90. The zero-order valence-electron chi connectivity index (χ0n) is 11.9. The molecule has 0 bridgehead atoms. The Morgan fingerprint density at radius 2 is 2.24 bits per heavy atom. The minimum Gasteiger partial charge on any atom is -0.346 e. The lowest BCUT2D eigenvalue weighted by Crippen LogP contribution is -2.69. The molecule has 2 aliphatic heterocycles. The van der Waals surface area contributed by atoms with E-state index in [1.165, 1.54) is 11.3 Å². The molecule has 2 saturated heterocycles. The van der Waals surface area contributed by atoms with Gasteiger partial charge >= 0.3 is 0 Å². The summed E-state index contributed by atoms with van der Waals surface area (Å²) in [5.41, 5.74) is -0.875. The Balaban J connectivity index is 1.77. The van der Waals surface area contributed by atoms with Gasteiger partial charge in [0, 0.05) is 6.54 Å². The van der Waals surface area contributed by atoms with Gasteiger partial charge in [0.1, 0.15) is 11.6 Å². The number of rotatable bonds is 2. The highest BCUT2D eigenvalue weighted by Gasteiger charge is 2.51. The smallest absolute Gasteiger partial charge is 0.261 e. The maximum atomic E-state index is 12.3. The van der Waals surface area contributed by atoms with E-state index in [-0.39, 0.29) is 23.8 Å². The molecule has 1 aromatic heterocycles. The van der Waals surface area contributed by atoms with Gasteiger partial charge in [-0.05, 0) is 31.7 Å². The molecule has 21 heavy (non-hydrogen) atoms. The zero-order valence-corrected chi connectivity index (χ0v) is 12.7. The largest absolute Gasteiger partial charge is 0.346 e. The quantitative estimate of drug-likeness (QED) is 0.828. The van der Waals surface area contributed by atoms with E-state index < -0.39 is 11.6 Å². The molecular formula is C14H17N3O3S. The Morgan fingerprint density at radius 3 is 2.90 bits per heavy atom. The molecule has 0 aromatic carbocycles. The summed E-state index contributed by atoms with van der Waals surface area (Å²) in [6.07, 6.45) is 0.594. The first kappa shape index (κ1) is 14.1. The Morgan fingerprint density at radius 1 is 1.48 bits per heavy atom. The van der Waals surface area contributed by atoms with Crippen LogP contribution >= 0.6 is 11.3 Å². The highest BCUT2D eigenvalue weighted by molar-refractivity contribution is 7.12. The summed E-state index contributed by atoms with van der Waals surface area (Å²) in [6, 6.07) is 2.61. The van der Waals surface area contributed by atoms with Crippen LogP contribution in [-0.2, 0) is 9.59 Å². The summed E-state index contributed by atoms with van der Waals surface area (Å²) in [4.78, 5) is 38.9. The zero-order chi connectivity index (χ0) is 15.2. The molecule has 0 radical (unpaired) electrons. The third-order valence-corrected chi connectivity index (χ3v) is 4.83.